The van der Waals surface area contributed by atoms with Crippen molar-refractivity contribution in [3.05, 3.63) is 45.5 Å². The van der Waals surface area contributed by atoms with E-state index in [4.69, 9.17) is 16.0 Å². The molecule has 2 aromatic rings. The Morgan fingerprint density at radius 1 is 1.28 bits per heavy atom. The Labute approximate surface area is 156 Å². The Balaban J connectivity index is 1.46. The van der Waals surface area contributed by atoms with Crippen molar-refractivity contribution in [3.63, 3.8) is 0 Å². The molecule has 0 bridgehead atoms. The van der Waals surface area contributed by atoms with Gasteiger partial charge in [0.25, 0.3) is 5.91 Å². The lowest BCUT2D eigenvalue weighted by Gasteiger charge is -2.36. The summed E-state index contributed by atoms with van der Waals surface area (Å²) in [5.41, 5.74) is 0. The summed E-state index contributed by atoms with van der Waals surface area (Å²) in [7, 11) is 1.78. The normalized spacial score (nSPS) is 15.5. The predicted octanol–water partition coefficient (Wildman–Crippen LogP) is 2.57. The van der Waals surface area contributed by atoms with Gasteiger partial charge in [-0.2, -0.15) is 0 Å². The average molecular weight is 381 g/mol. The molecule has 0 spiro atoms. The van der Waals surface area contributed by atoms with Crippen LogP contribution >= 0.6 is 22.9 Å². The lowest BCUT2D eigenvalue weighted by Crippen LogP contribution is -2.53. The van der Waals surface area contributed by atoms with E-state index in [-0.39, 0.29) is 5.91 Å². The Kier molecular flexibility index (Phi) is 5.99. The van der Waals surface area contributed by atoms with Gasteiger partial charge in [-0.25, -0.2) is 0 Å². The molecular weight excluding hydrogens is 360 g/mol. The Hall–Kier alpha value is -1.99. The minimum absolute atomic E-state index is 0.0535. The van der Waals surface area contributed by atoms with Crippen LogP contribution in [0.1, 0.15) is 15.4 Å². The van der Waals surface area contributed by atoms with Gasteiger partial charge in [0, 0.05) is 44.6 Å². The van der Waals surface area contributed by atoms with Crippen LogP contribution in [0.3, 0.4) is 0 Å². The molecule has 8 heteroatoms. The number of piperazine rings is 1. The van der Waals surface area contributed by atoms with E-state index < -0.39 is 0 Å². The van der Waals surface area contributed by atoms with Gasteiger partial charge in [0.15, 0.2) is 11.7 Å². The standard InChI is InChI=1S/C17H21ClN4O2S/c1-19-17(20-7-6-13-4-5-15(18)25-13)22-10-8-21(9-11-22)16(23)14-3-2-12-24-14/h2-5,12H,6-11H2,1H3,(H,19,20). The van der Waals surface area contributed by atoms with Crippen molar-refractivity contribution in [1.82, 2.24) is 15.1 Å². The molecule has 1 aliphatic heterocycles. The molecule has 0 saturated carbocycles. The number of furan rings is 1. The quantitative estimate of drug-likeness (QED) is 0.654. The molecule has 0 radical (unpaired) electrons. The fourth-order valence-corrected chi connectivity index (χ4v) is 3.88. The monoisotopic (exact) mass is 380 g/mol. The van der Waals surface area contributed by atoms with E-state index >= 15 is 0 Å². The number of rotatable bonds is 4. The number of guanidine groups is 1. The van der Waals surface area contributed by atoms with Crippen molar-refractivity contribution in [1.29, 1.82) is 0 Å². The summed E-state index contributed by atoms with van der Waals surface area (Å²) < 4.78 is 6.01. The maximum Gasteiger partial charge on any atom is 0.289 e. The van der Waals surface area contributed by atoms with Crippen molar-refractivity contribution < 1.29 is 9.21 Å². The van der Waals surface area contributed by atoms with Crippen molar-refractivity contribution >= 4 is 34.8 Å². The van der Waals surface area contributed by atoms with Crippen LogP contribution in [0.15, 0.2) is 39.9 Å². The van der Waals surface area contributed by atoms with Crippen LogP contribution in [0.4, 0.5) is 0 Å². The van der Waals surface area contributed by atoms with Gasteiger partial charge >= 0.3 is 0 Å². The average Bonchev–Trinajstić information content (AvgIpc) is 3.30. The third-order valence-corrected chi connectivity index (χ3v) is 5.38. The Morgan fingerprint density at radius 2 is 2.04 bits per heavy atom. The fraction of sp³-hybridized carbons (Fsp3) is 0.412. The Morgan fingerprint density at radius 3 is 2.64 bits per heavy atom. The van der Waals surface area contributed by atoms with Crippen LogP contribution in [0.2, 0.25) is 4.34 Å². The van der Waals surface area contributed by atoms with E-state index in [1.165, 1.54) is 11.1 Å². The zero-order valence-corrected chi connectivity index (χ0v) is 15.6. The van der Waals surface area contributed by atoms with Gasteiger partial charge in [0.2, 0.25) is 0 Å². The number of halogens is 1. The van der Waals surface area contributed by atoms with Crippen molar-refractivity contribution in [2.75, 3.05) is 39.8 Å². The molecule has 2 aromatic heterocycles. The first-order valence-corrected chi connectivity index (χ1v) is 9.39. The van der Waals surface area contributed by atoms with Crippen LogP contribution in [-0.2, 0) is 6.42 Å². The summed E-state index contributed by atoms with van der Waals surface area (Å²) in [4.78, 5) is 21.9. The Bertz CT molecular complexity index is 721. The van der Waals surface area contributed by atoms with E-state index in [9.17, 15) is 4.79 Å². The summed E-state index contributed by atoms with van der Waals surface area (Å²) >= 11 is 7.56. The lowest BCUT2D eigenvalue weighted by molar-refractivity contribution is 0.0658. The van der Waals surface area contributed by atoms with Gasteiger partial charge in [-0.05, 0) is 30.7 Å². The zero-order chi connectivity index (χ0) is 17.6. The largest absolute Gasteiger partial charge is 0.459 e. The summed E-state index contributed by atoms with van der Waals surface area (Å²) in [5.74, 6) is 1.21. The molecule has 1 saturated heterocycles. The highest BCUT2D eigenvalue weighted by atomic mass is 35.5. The van der Waals surface area contributed by atoms with E-state index in [1.54, 1.807) is 30.5 Å². The summed E-state index contributed by atoms with van der Waals surface area (Å²) in [6, 6.07) is 7.41. The third-order valence-electron chi connectivity index (χ3n) is 4.09. The number of carbonyl (C=O) groups excluding carboxylic acids is 1. The first-order valence-electron chi connectivity index (χ1n) is 8.20. The van der Waals surface area contributed by atoms with Gasteiger partial charge in [-0.3, -0.25) is 9.79 Å². The summed E-state index contributed by atoms with van der Waals surface area (Å²) in [5, 5.41) is 3.39. The number of nitrogens with one attached hydrogen (secondary N) is 1. The SMILES string of the molecule is CN=C(NCCc1ccc(Cl)s1)N1CCN(C(=O)c2ccco2)CC1. The van der Waals surface area contributed by atoms with Gasteiger partial charge in [0.05, 0.1) is 10.6 Å². The van der Waals surface area contributed by atoms with Gasteiger partial charge in [-0.1, -0.05) is 11.6 Å². The minimum Gasteiger partial charge on any atom is -0.459 e. The third kappa shape index (κ3) is 4.55. The van der Waals surface area contributed by atoms with Gasteiger partial charge < -0.3 is 19.5 Å². The molecule has 1 fully saturated rings. The lowest BCUT2D eigenvalue weighted by atomic mass is 10.3. The van der Waals surface area contributed by atoms with Crippen LogP contribution in [-0.4, -0.2) is 61.4 Å². The minimum atomic E-state index is -0.0535. The number of thiophene rings is 1. The molecule has 134 valence electrons. The summed E-state index contributed by atoms with van der Waals surface area (Å²) in [6.45, 7) is 3.60. The van der Waals surface area contributed by atoms with Crippen LogP contribution in [0.5, 0.6) is 0 Å². The number of hydrogen-bond donors (Lipinski definition) is 1. The second-order valence-corrected chi connectivity index (χ2v) is 7.49. The van der Waals surface area contributed by atoms with E-state index in [0.29, 0.717) is 18.8 Å². The fourth-order valence-electron chi connectivity index (χ4n) is 2.79. The molecule has 1 amide bonds. The maximum absolute atomic E-state index is 12.3. The molecule has 1 N–H and O–H groups in total. The topological polar surface area (TPSA) is 61.1 Å². The van der Waals surface area contributed by atoms with Gasteiger partial charge in [-0.15, -0.1) is 11.3 Å². The number of carbonyl (C=O) groups is 1. The zero-order valence-electron chi connectivity index (χ0n) is 14.1. The highest BCUT2D eigenvalue weighted by Gasteiger charge is 2.25. The van der Waals surface area contributed by atoms with E-state index in [2.05, 4.69) is 21.3 Å². The van der Waals surface area contributed by atoms with E-state index in [0.717, 1.165) is 36.4 Å². The summed E-state index contributed by atoms with van der Waals surface area (Å²) in [6.07, 6.45) is 2.43. The molecular formula is C17H21ClN4O2S. The second-order valence-electron chi connectivity index (χ2n) is 5.69. The molecule has 0 unspecified atom stereocenters. The van der Waals surface area contributed by atoms with Gasteiger partial charge in [0.1, 0.15) is 0 Å². The number of amides is 1. The highest BCUT2D eigenvalue weighted by Crippen LogP contribution is 2.21. The first-order chi connectivity index (χ1) is 12.2. The van der Waals surface area contributed by atoms with Crippen molar-refractivity contribution in [3.8, 4) is 0 Å². The molecule has 25 heavy (non-hydrogen) atoms. The molecule has 6 nitrogen and oxygen atoms in total. The number of hydrogen-bond acceptors (Lipinski definition) is 4. The van der Waals surface area contributed by atoms with Crippen molar-refractivity contribution in [2.24, 2.45) is 4.99 Å². The molecule has 0 aromatic carbocycles. The molecule has 3 rings (SSSR count). The molecule has 0 atom stereocenters. The number of aliphatic imine (C=N–C) groups is 1. The van der Waals surface area contributed by atoms with Crippen molar-refractivity contribution in [2.45, 2.75) is 6.42 Å². The smallest absolute Gasteiger partial charge is 0.289 e. The van der Waals surface area contributed by atoms with Crippen LogP contribution in [0.25, 0.3) is 0 Å². The van der Waals surface area contributed by atoms with Crippen LogP contribution < -0.4 is 5.32 Å². The molecule has 3 heterocycles. The predicted molar refractivity (Wildman–Crippen MR) is 101 cm³/mol. The second kappa shape index (κ2) is 8.40. The number of nitrogens with zero attached hydrogens (tertiary/aromatic N) is 3. The highest BCUT2D eigenvalue weighted by molar-refractivity contribution is 7.16. The van der Waals surface area contributed by atoms with E-state index in [1.807, 2.05) is 11.0 Å². The first kappa shape index (κ1) is 17.8. The molecule has 1 aliphatic rings. The maximum atomic E-state index is 12.3. The van der Waals surface area contributed by atoms with Crippen LogP contribution in [0, 0.1) is 0 Å². The molecule has 0 aliphatic carbocycles.